The fourth-order valence-corrected chi connectivity index (χ4v) is 1.81. The molecule has 1 atom stereocenters. The number of carbonyl (C=O) groups is 1. The first-order valence-corrected chi connectivity index (χ1v) is 5.79. The molecule has 0 spiro atoms. The van der Waals surface area contributed by atoms with E-state index < -0.39 is 12.0 Å². The zero-order valence-corrected chi connectivity index (χ0v) is 11.1. The molecule has 0 aliphatic carbocycles. The molecule has 4 heteroatoms. The number of nitrogens with two attached hydrogens (primary N) is 1. The molecule has 0 saturated carbocycles. The van der Waals surface area contributed by atoms with Crippen molar-refractivity contribution < 1.29 is 9.90 Å². The molecule has 0 aliphatic heterocycles. The van der Waals surface area contributed by atoms with Crippen molar-refractivity contribution >= 4 is 18.4 Å². The minimum atomic E-state index is -0.970. The van der Waals surface area contributed by atoms with E-state index in [0.717, 1.165) is 16.7 Å². The molecule has 0 bridgehead atoms. The summed E-state index contributed by atoms with van der Waals surface area (Å²) in [5, 5.41) is 8.75. The van der Waals surface area contributed by atoms with E-state index in [1.54, 1.807) is 0 Å². The zero-order valence-electron chi connectivity index (χ0n) is 10.3. The molecule has 0 aliphatic rings. The van der Waals surface area contributed by atoms with Gasteiger partial charge in [0.05, 0.1) is 0 Å². The zero-order chi connectivity index (χ0) is 13.0. The minimum absolute atomic E-state index is 0. The SMILES string of the molecule is Cl.NC(Cc1ccc(-c2ccccc2)cc1)C(=O)O. The summed E-state index contributed by atoms with van der Waals surface area (Å²) < 4.78 is 0. The molecular weight excluding hydrogens is 262 g/mol. The topological polar surface area (TPSA) is 63.3 Å². The summed E-state index contributed by atoms with van der Waals surface area (Å²) in [7, 11) is 0. The highest BCUT2D eigenvalue weighted by Gasteiger charge is 2.11. The van der Waals surface area contributed by atoms with Crippen LogP contribution in [0.2, 0.25) is 0 Å². The molecule has 2 rings (SSSR count). The maximum Gasteiger partial charge on any atom is 0.320 e. The molecule has 0 fully saturated rings. The Morgan fingerprint density at radius 3 is 2.05 bits per heavy atom. The second-order valence-electron chi connectivity index (χ2n) is 4.21. The Morgan fingerprint density at radius 2 is 1.53 bits per heavy atom. The van der Waals surface area contributed by atoms with Crippen LogP contribution in [0.3, 0.4) is 0 Å². The van der Waals surface area contributed by atoms with Crippen LogP contribution in [0.4, 0.5) is 0 Å². The van der Waals surface area contributed by atoms with Gasteiger partial charge in [0.2, 0.25) is 0 Å². The number of hydrogen-bond acceptors (Lipinski definition) is 2. The molecule has 19 heavy (non-hydrogen) atoms. The Balaban J connectivity index is 0.00000180. The third kappa shape index (κ3) is 4.09. The predicted octanol–water partition coefficient (Wildman–Crippen LogP) is 2.73. The lowest BCUT2D eigenvalue weighted by molar-refractivity contribution is -0.138. The third-order valence-electron chi connectivity index (χ3n) is 2.83. The first-order chi connectivity index (χ1) is 8.66. The number of hydrogen-bond donors (Lipinski definition) is 2. The first-order valence-electron chi connectivity index (χ1n) is 5.79. The number of carboxylic acid groups (broad SMARTS) is 1. The lowest BCUT2D eigenvalue weighted by atomic mass is 10.0. The van der Waals surface area contributed by atoms with E-state index in [9.17, 15) is 4.79 Å². The maximum atomic E-state index is 10.7. The predicted molar refractivity (Wildman–Crippen MR) is 78.4 cm³/mol. The number of halogens is 1. The molecule has 0 radical (unpaired) electrons. The van der Waals surface area contributed by atoms with Gasteiger partial charge in [0, 0.05) is 0 Å². The monoisotopic (exact) mass is 277 g/mol. The van der Waals surface area contributed by atoms with Crippen LogP contribution in [0.15, 0.2) is 54.6 Å². The van der Waals surface area contributed by atoms with Gasteiger partial charge in [0.1, 0.15) is 6.04 Å². The summed E-state index contributed by atoms with van der Waals surface area (Å²) in [6.07, 6.45) is 0.352. The van der Waals surface area contributed by atoms with Gasteiger partial charge in [0.25, 0.3) is 0 Å². The van der Waals surface area contributed by atoms with E-state index in [0.29, 0.717) is 6.42 Å². The minimum Gasteiger partial charge on any atom is -0.480 e. The molecule has 2 aromatic rings. The Labute approximate surface area is 118 Å². The number of aliphatic carboxylic acids is 1. The van der Waals surface area contributed by atoms with Crippen LogP contribution >= 0.6 is 12.4 Å². The summed E-state index contributed by atoms with van der Waals surface area (Å²) >= 11 is 0. The Morgan fingerprint density at radius 1 is 1.00 bits per heavy atom. The fraction of sp³-hybridized carbons (Fsp3) is 0.133. The van der Waals surface area contributed by atoms with Crippen molar-refractivity contribution in [2.45, 2.75) is 12.5 Å². The molecule has 3 nitrogen and oxygen atoms in total. The van der Waals surface area contributed by atoms with Crippen molar-refractivity contribution in [3.8, 4) is 11.1 Å². The molecule has 2 aromatic carbocycles. The first kappa shape index (κ1) is 15.2. The van der Waals surface area contributed by atoms with Crippen molar-refractivity contribution in [2.75, 3.05) is 0 Å². The Kier molecular flexibility index (Phi) is 5.55. The van der Waals surface area contributed by atoms with E-state index in [4.69, 9.17) is 10.8 Å². The summed E-state index contributed by atoms with van der Waals surface area (Å²) in [6.45, 7) is 0. The van der Waals surface area contributed by atoms with Gasteiger partial charge >= 0.3 is 5.97 Å². The number of carboxylic acids is 1. The molecule has 3 N–H and O–H groups in total. The molecule has 0 heterocycles. The van der Waals surface area contributed by atoms with Crippen LogP contribution in [0.5, 0.6) is 0 Å². The number of rotatable bonds is 4. The van der Waals surface area contributed by atoms with Gasteiger partial charge in [-0.2, -0.15) is 0 Å². The van der Waals surface area contributed by atoms with Crippen LogP contribution < -0.4 is 5.73 Å². The highest BCUT2D eigenvalue weighted by molar-refractivity contribution is 5.85. The highest BCUT2D eigenvalue weighted by Crippen LogP contribution is 2.19. The van der Waals surface area contributed by atoms with E-state index in [1.165, 1.54) is 0 Å². The molecule has 0 aromatic heterocycles. The molecule has 100 valence electrons. The molecular formula is C15H16ClNO2. The van der Waals surface area contributed by atoms with Crippen molar-refractivity contribution in [3.05, 3.63) is 60.2 Å². The van der Waals surface area contributed by atoms with Crippen LogP contribution in [-0.2, 0) is 11.2 Å². The van der Waals surface area contributed by atoms with Gasteiger partial charge in [-0.25, -0.2) is 0 Å². The van der Waals surface area contributed by atoms with E-state index in [1.807, 2.05) is 54.6 Å². The van der Waals surface area contributed by atoms with Crippen LogP contribution in [0, 0.1) is 0 Å². The molecule has 0 amide bonds. The quantitative estimate of drug-likeness (QED) is 0.903. The van der Waals surface area contributed by atoms with Gasteiger partial charge in [-0.05, 0) is 23.1 Å². The standard InChI is InChI=1S/C15H15NO2.ClH/c16-14(15(17)18)10-11-6-8-13(9-7-11)12-4-2-1-3-5-12;/h1-9,14H,10,16H2,(H,17,18);1H. The van der Waals surface area contributed by atoms with E-state index in [2.05, 4.69) is 0 Å². The summed E-state index contributed by atoms with van der Waals surface area (Å²) in [4.78, 5) is 10.7. The highest BCUT2D eigenvalue weighted by atomic mass is 35.5. The van der Waals surface area contributed by atoms with Gasteiger partial charge in [-0.3, -0.25) is 4.79 Å². The molecule has 0 saturated heterocycles. The lowest BCUT2D eigenvalue weighted by Gasteiger charge is -2.07. The average Bonchev–Trinajstić information content (AvgIpc) is 2.40. The Bertz CT molecular complexity index is 526. The van der Waals surface area contributed by atoms with Crippen molar-refractivity contribution in [3.63, 3.8) is 0 Å². The lowest BCUT2D eigenvalue weighted by Crippen LogP contribution is -2.32. The van der Waals surface area contributed by atoms with Gasteiger partial charge < -0.3 is 10.8 Å². The normalized spacial score (nSPS) is 11.4. The Hall–Kier alpha value is -1.84. The van der Waals surface area contributed by atoms with Gasteiger partial charge in [0.15, 0.2) is 0 Å². The average molecular weight is 278 g/mol. The van der Waals surface area contributed by atoms with Crippen LogP contribution in [-0.4, -0.2) is 17.1 Å². The van der Waals surface area contributed by atoms with Crippen molar-refractivity contribution in [1.82, 2.24) is 0 Å². The largest absolute Gasteiger partial charge is 0.480 e. The second kappa shape index (κ2) is 6.92. The second-order valence-corrected chi connectivity index (χ2v) is 4.21. The summed E-state index contributed by atoms with van der Waals surface area (Å²) in [5.41, 5.74) is 8.69. The van der Waals surface area contributed by atoms with Crippen LogP contribution in [0.25, 0.3) is 11.1 Å². The maximum absolute atomic E-state index is 10.7. The van der Waals surface area contributed by atoms with E-state index in [-0.39, 0.29) is 12.4 Å². The fourth-order valence-electron chi connectivity index (χ4n) is 1.81. The smallest absolute Gasteiger partial charge is 0.320 e. The van der Waals surface area contributed by atoms with Crippen molar-refractivity contribution in [2.24, 2.45) is 5.73 Å². The van der Waals surface area contributed by atoms with Crippen molar-refractivity contribution in [1.29, 1.82) is 0 Å². The van der Waals surface area contributed by atoms with Gasteiger partial charge in [-0.15, -0.1) is 12.4 Å². The van der Waals surface area contributed by atoms with Gasteiger partial charge in [-0.1, -0.05) is 54.6 Å². The van der Waals surface area contributed by atoms with Crippen LogP contribution in [0.1, 0.15) is 5.56 Å². The number of benzene rings is 2. The third-order valence-corrected chi connectivity index (χ3v) is 2.83. The summed E-state index contributed by atoms with van der Waals surface area (Å²) in [5.74, 6) is -0.970. The summed E-state index contributed by atoms with van der Waals surface area (Å²) in [6, 6.07) is 17.0. The molecule has 1 unspecified atom stereocenters. The van der Waals surface area contributed by atoms with E-state index >= 15 is 0 Å².